The minimum atomic E-state index is -0.301. The highest BCUT2D eigenvalue weighted by atomic mass is 19.1. The number of rotatable bonds is 6. The summed E-state index contributed by atoms with van der Waals surface area (Å²) >= 11 is 0. The van der Waals surface area contributed by atoms with Gasteiger partial charge in [0.2, 0.25) is 0 Å². The molecule has 0 amide bonds. The summed E-state index contributed by atoms with van der Waals surface area (Å²) in [5.74, 6) is 2.09. The summed E-state index contributed by atoms with van der Waals surface area (Å²) in [6.45, 7) is 0. The summed E-state index contributed by atoms with van der Waals surface area (Å²) in [4.78, 5) is 2.13. The van der Waals surface area contributed by atoms with Crippen LogP contribution < -0.4 is 4.90 Å². The molecule has 4 saturated carbocycles. The van der Waals surface area contributed by atoms with Crippen molar-refractivity contribution >= 4 is 17.1 Å². The van der Waals surface area contributed by atoms with Gasteiger partial charge in [-0.15, -0.1) is 0 Å². The molecule has 7 aromatic rings. The Kier molecular flexibility index (Phi) is 7.49. The highest BCUT2D eigenvalue weighted by molar-refractivity contribution is 5.98. The molecule has 0 radical (unpaired) electrons. The average Bonchev–Trinajstić information content (AvgIpc) is 3.51. The van der Waals surface area contributed by atoms with Crippen LogP contribution in [0.1, 0.15) is 43.2 Å². The number of anilines is 3. The summed E-state index contributed by atoms with van der Waals surface area (Å²) in [6.07, 6.45) is 6.36. The quantitative estimate of drug-likeness (QED) is 0.166. The molecule has 0 aromatic heterocycles. The van der Waals surface area contributed by atoms with Crippen LogP contribution in [0.15, 0.2) is 164 Å². The second-order valence-corrected chi connectivity index (χ2v) is 16.4. The summed E-state index contributed by atoms with van der Waals surface area (Å²) in [7, 11) is 0. The molecule has 1 spiro atoms. The Hall–Kier alpha value is -5.80. The highest BCUT2D eigenvalue weighted by Gasteiger charge is 2.62. The van der Waals surface area contributed by atoms with Crippen LogP contribution in [0.25, 0.3) is 44.5 Å². The van der Waals surface area contributed by atoms with Crippen LogP contribution in [0.5, 0.6) is 0 Å². The lowest BCUT2D eigenvalue weighted by atomic mass is 9.43. The molecule has 0 atom stereocenters. The van der Waals surface area contributed by atoms with Crippen molar-refractivity contribution in [2.45, 2.75) is 37.5 Å². The van der Waals surface area contributed by atoms with Crippen LogP contribution in [0.2, 0.25) is 0 Å². The summed E-state index contributed by atoms with van der Waals surface area (Å²) in [5.41, 5.74) is 12.7. The SMILES string of the molecule is Fc1cccc(-c2cc(N(c3ccccc3)c3c(F)cc(-c4ccccc4)cc3-c3ccccc3)cc3c2-c2ccccc2C32C3CC4CC(C3)CC2C4)c1. The number of hydrogen-bond acceptors (Lipinski definition) is 1. The molecule has 3 heteroatoms. The van der Waals surface area contributed by atoms with Crippen molar-refractivity contribution in [1.82, 2.24) is 0 Å². The smallest absolute Gasteiger partial charge is 0.148 e. The maximum atomic E-state index is 17.6. The zero-order valence-electron chi connectivity index (χ0n) is 30.6. The molecule has 0 N–H and O–H groups in total. The predicted octanol–water partition coefficient (Wildman–Crippen LogP) is 14.2. The van der Waals surface area contributed by atoms with Gasteiger partial charge in [-0.2, -0.15) is 0 Å². The van der Waals surface area contributed by atoms with Gasteiger partial charge in [0, 0.05) is 22.4 Å². The lowest BCUT2D eigenvalue weighted by molar-refractivity contribution is -0.0399. The molecule has 7 aromatic carbocycles. The van der Waals surface area contributed by atoms with Crippen molar-refractivity contribution in [1.29, 1.82) is 0 Å². The van der Waals surface area contributed by atoms with E-state index in [0.717, 1.165) is 56.6 Å². The molecule has 4 fully saturated rings. The summed E-state index contributed by atoms with van der Waals surface area (Å²) in [6, 6.07) is 54.9. The first-order valence-corrected chi connectivity index (χ1v) is 19.9. The number of benzene rings is 7. The van der Waals surface area contributed by atoms with Crippen LogP contribution >= 0.6 is 0 Å². The minimum Gasteiger partial charge on any atom is -0.307 e. The van der Waals surface area contributed by atoms with Gasteiger partial charge in [-0.3, -0.25) is 0 Å². The lowest BCUT2D eigenvalue weighted by Gasteiger charge is -2.61. The number of halogens is 2. The molecule has 4 bridgehead atoms. The second-order valence-electron chi connectivity index (χ2n) is 16.4. The van der Waals surface area contributed by atoms with Crippen LogP contribution in [-0.2, 0) is 5.41 Å². The molecule has 55 heavy (non-hydrogen) atoms. The van der Waals surface area contributed by atoms with E-state index in [1.165, 1.54) is 60.4 Å². The van der Waals surface area contributed by atoms with Crippen LogP contribution in [-0.4, -0.2) is 0 Å². The van der Waals surface area contributed by atoms with E-state index < -0.39 is 0 Å². The summed E-state index contributed by atoms with van der Waals surface area (Å²) in [5, 5.41) is 0. The molecule has 268 valence electrons. The second kappa shape index (κ2) is 12.6. The van der Waals surface area contributed by atoms with E-state index in [0.29, 0.717) is 17.5 Å². The van der Waals surface area contributed by atoms with Crippen molar-refractivity contribution in [3.8, 4) is 44.5 Å². The van der Waals surface area contributed by atoms with Crippen molar-refractivity contribution in [2.24, 2.45) is 23.7 Å². The van der Waals surface area contributed by atoms with Crippen molar-refractivity contribution in [3.05, 3.63) is 187 Å². The van der Waals surface area contributed by atoms with Gasteiger partial charge in [-0.1, -0.05) is 115 Å². The van der Waals surface area contributed by atoms with Crippen LogP contribution in [0, 0.1) is 35.3 Å². The molecule has 5 aliphatic rings. The Morgan fingerprint density at radius 3 is 1.75 bits per heavy atom. The zero-order chi connectivity index (χ0) is 36.7. The molecule has 0 aliphatic heterocycles. The Balaban J connectivity index is 1.23. The van der Waals surface area contributed by atoms with Gasteiger partial charge in [0.1, 0.15) is 11.6 Å². The molecule has 12 rings (SSSR count). The maximum absolute atomic E-state index is 17.6. The van der Waals surface area contributed by atoms with Gasteiger partial charge in [0.25, 0.3) is 0 Å². The van der Waals surface area contributed by atoms with Crippen LogP contribution in [0.3, 0.4) is 0 Å². The van der Waals surface area contributed by atoms with Gasteiger partial charge >= 0.3 is 0 Å². The third-order valence-corrected chi connectivity index (χ3v) is 13.5. The first-order chi connectivity index (χ1) is 27.1. The lowest BCUT2D eigenvalue weighted by Crippen LogP contribution is -2.55. The van der Waals surface area contributed by atoms with Gasteiger partial charge < -0.3 is 4.90 Å². The number of fused-ring (bicyclic) bond motifs is 3. The first-order valence-electron chi connectivity index (χ1n) is 19.9. The number of nitrogens with zero attached hydrogens (tertiary/aromatic N) is 1. The number of hydrogen-bond donors (Lipinski definition) is 0. The van der Waals surface area contributed by atoms with E-state index in [4.69, 9.17) is 0 Å². The Labute approximate surface area is 321 Å². The van der Waals surface area contributed by atoms with Crippen molar-refractivity contribution in [3.63, 3.8) is 0 Å². The van der Waals surface area contributed by atoms with Gasteiger partial charge in [-0.25, -0.2) is 8.78 Å². The molecular weight excluding hydrogens is 677 g/mol. The van der Waals surface area contributed by atoms with E-state index >= 15 is 8.78 Å². The van der Waals surface area contributed by atoms with E-state index in [1.54, 1.807) is 12.1 Å². The number of para-hydroxylation sites is 1. The van der Waals surface area contributed by atoms with E-state index in [2.05, 4.69) is 71.6 Å². The molecule has 0 heterocycles. The van der Waals surface area contributed by atoms with Gasteiger partial charge in [0.05, 0.1) is 5.69 Å². The van der Waals surface area contributed by atoms with Crippen molar-refractivity contribution < 1.29 is 8.78 Å². The van der Waals surface area contributed by atoms with Gasteiger partial charge in [0.15, 0.2) is 0 Å². The largest absolute Gasteiger partial charge is 0.307 e. The van der Waals surface area contributed by atoms with E-state index in [1.807, 2.05) is 78.9 Å². The van der Waals surface area contributed by atoms with Gasteiger partial charge in [-0.05, 0) is 154 Å². The monoisotopic (exact) mass is 717 g/mol. The third kappa shape index (κ3) is 5.02. The Morgan fingerprint density at radius 2 is 1.05 bits per heavy atom. The van der Waals surface area contributed by atoms with Crippen LogP contribution in [0.4, 0.5) is 25.8 Å². The van der Waals surface area contributed by atoms with E-state index in [-0.39, 0.29) is 17.0 Å². The van der Waals surface area contributed by atoms with E-state index in [9.17, 15) is 0 Å². The standard InChI is InChI=1S/C52H41F2N/c53-41-18-12-17-37(28-41)45-31-43(32-48-50(45)44-21-10-11-22-47(44)52(48)39-24-33-23-34(26-39)27-40(52)25-33)55(42-19-8-3-9-20-42)51-46(36-15-6-2-7-16-36)29-38(30-49(51)54)35-13-4-1-5-14-35/h1-22,28-34,39-40H,23-27H2. The first kappa shape index (κ1) is 32.6. The fourth-order valence-electron chi connectivity index (χ4n) is 11.7. The highest BCUT2D eigenvalue weighted by Crippen LogP contribution is 2.70. The van der Waals surface area contributed by atoms with Crippen molar-refractivity contribution in [2.75, 3.05) is 4.90 Å². The third-order valence-electron chi connectivity index (χ3n) is 13.5. The predicted molar refractivity (Wildman–Crippen MR) is 221 cm³/mol. The molecule has 5 aliphatic carbocycles. The average molecular weight is 718 g/mol. The zero-order valence-corrected chi connectivity index (χ0v) is 30.6. The normalized spacial score (nSPS) is 22.8. The fourth-order valence-corrected chi connectivity index (χ4v) is 11.7. The Morgan fingerprint density at radius 1 is 0.436 bits per heavy atom. The molecular formula is C52H41F2N. The Bertz CT molecular complexity index is 2550. The topological polar surface area (TPSA) is 3.24 Å². The minimum absolute atomic E-state index is 0.141. The molecule has 0 saturated heterocycles. The summed E-state index contributed by atoms with van der Waals surface area (Å²) < 4.78 is 32.8. The molecule has 1 nitrogen and oxygen atoms in total. The fraction of sp³-hybridized carbons (Fsp3) is 0.192. The maximum Gasteiger partial charge on any atom is 0.148 e. The molecule has 0 unspecified atom stereocenters.